The summed E-state index contributed by atoms with van der Waals surface area (Å²) in [4.78, 5) is 26.7. The number of allylic oxidation sites excluding steroid dienone is 4. The fraction of sp³-hybridized carbons (Fsp3) is 0.674. The molecular weight excluding hydrogens is 643 g/mol. The number of aromatic carboxylic acids is 1. The second kappa shape index (κ2) is 11.9. The lowest BCUT2D eigenvalue weighted by Gasteiger charge is -2.72. The summed E-state index contributed by atoms with van der Waals surface area (Å²) in [7, 11) is -3.04. The molecular formula is C43H59NO5S. The van der Waals surface area contributed by atoms with Gasteiger partial charge in [-0.1, -0.05) is 71.1 Å². The van der Waals surface area contributed by atoms with E-state index in [1.165, 1.54) is 43.3 Å². The highest BCUT2D eigenvalue weighted by molar-refractivity contribution is 7.91. The van der Waals surface area contributed by atoms with Gasteiger partial charge in [0.15, 0.2) is 9.84 Å². The average molecular weight is 702 g/mol. The molecule has 0 radical (unpaired) electrons. The number of carbonyl (C=O) groups excluding carboxylic acids is 1. The Balaban J connectivity index is 1.18. The van der Waals surface area contributed by atoms with Crippen molar-refractivity contribution in [1.82, 2.24) is 4.90 Å². The van der Waals surface area contributed by atoms with Crippen LogP contribution < -0.4 is 0 Å². The number of sulfone groups is 1. The zero-order valence-corrected chi connectivity index (χ0v) is 32.1. The number of hydrogen-bond donors (Lipinski definition) is 1. The first-order valence-corrected chi connectivity index (χ1v) is 21.1. The third-order valence-electron chi connectivity index (χ3n) is 16.4. The van der Waals surface area contributed by atoms with E-state index in [0.29, 0.717) is 48.2 Å². The van der Waals surface area contributed by atoms with Crippen LogP contribution in [0.15, 0.2) is 54.6 Å². The fourth-order valence-electron chi connectivity index (χ4n) is 13.7. The maximum atomic E-state index is 13.4. The second-order valence-corrected chi connectivity index (χ2v) is 21.0. The SMILES string of the molecule is C=C(C)[C@@H]1CC[C@]2(/C=C/C(=O)N3CCS(=O)(=O)CC3)CC[C@]3(C)[C@H](CCC4[C@@]5(C)CC=C(c6ccc(C(=O)O)cc6)C(C)(C)C5CC[C@]43C)C12. The largest absolute Gasteiger partial charge is 0.478 e. The molecule has 3 unspecified atom stereocenters. The summed E-state index contributed by atoms with van der Waals surface area (Å²) >= 11 is 0. The Labute approximate surface area is 300 Å². The molecule has 4 saturated carbocycles. The fourth-order valence-corrected chi connectivity index (χ4v) is 14.9. The van der Waals surface area contributed by atoms with Crippen molar-refractivity contribution in [3.8, 4) is 0 Å². The number of carbonyl (C=O) groups is 2. The van der Waals surface area contributed by atoms with E-state index in [1.54, 1.807) is 17.0 Å². The molecule has 7 rings (SSSR count). The van der Waals surface area contributed by atoms with Crippen LogP contribution in [0.25, 0.3) is 5.57 Å². The number of hydrogen-bond acceptors (Lipinski definition) is 4. The van der Waals surface area contributed by atoms with Crippen molar-refractivity contribution in [3.63, 3.8) is 0 Å². The minimum atomic E-state index is -3.04. The van der Waals surface area contributed by atoms with Gasteiger partial charge in [-0.25, -0.2) is 13.2 Å². The van der Waals surface area contributed by atoms with Crippen LogP contribution in [0.5, 0.6) is 0 Å². The van der Waals surface area contributed by atoms with Gasteiger partial charge in [-0.05, 0) is 151 Å². The van der Waals surface area contributed by atoms with Crippen molar-refractivity contribution in [2.75, 3.05) is 24.6 Å². The van der Waals surface area contributed by atoms with Crippen molar-refractivity contribution >= 4 is 27.3 Å². The Bertz CT molecular complexity index is 1740. The van der Waals surface area contributed by atoms with E-state index in [0.717, 1.165) is 31.2 Å². The molecule has 0 bridgehead atoms. The van der Waals surface area contributed by atoms with Crippen molar-refractivity contribution in [1.29, 1.82) is 0 Å². The normalized spacial score (nSPS) is 41.7. The van der Waals surface area contributed by atoms with E-state index in [4.69, 9.17) is 0 Å². The standard InChI is InChI=1S/C43H59NO5S/c1-28(2)31-14-20-43(21-17-36(45)44-24-26-50(48,49)27-25-44)23-22-41(6)33(37(31)43)12-13-35-40(5)18-15-32(29-8-10-30(11-9-29)38(46)47)39(3,4)34(40)16-19-42(35,41)7/h8-11,15,17,21,31,33-35,37H,1,12-14,16,18-20,22-27H2,2-7H3,(H,46,47)/b21-17+/t31-,33+,34?,35?,37?,40-,41+,42+,43-/m0/s1. The average Bonchev–Trinajstić information content (AvgIpc) is 3.44. The third-order valence-corrected chi connectivity index (χ3v) is 18.0. The summed E-state index contributed by atoms with van der Waals surface area (Å²) in [6, 6.07) is 7.51. The van der Waals surface area contributed by atoms with Crippen molar-refractivity contribution in [2.45, 2.75) is 99.3 Å². The van der Waals surface area contributed by atoms with E-state index in [1.807, 2.05) is 18.2 Å². The molecule has 5 fully saturated rings. The summed E-state index contributed by atoms with van der Waals surface area (Å²) < 4.78 is 24.0. The molecule has 6 aliphatic rings. The topological polar surface area (TPSA) is 91.8 Å². The second-order valence-electron chi connectivity index (χ2n) is 18.7. The van der Waals surface area contributed by atoms with E-state index in [2.05, 4.69) is 60.3 Å². The molecule has 1 aromatic carbocycles. The van der Waals surface area contributed by atoms with Crippen molar-refractivity contribution in [3.05, 3.63) is 65.8 Å². The lowest BCUT2D eigenvalue weighted by atomic mass is 9.32. The molecule has 50 heavy (non-hydrogen) atoms. The third kappa shape index (κ3) is 5.24. The van der Waals surface area contributed by atoms with Crippen LogP contribution in [0.3, 0.4) is 0 Å². The van der Waals surface area contributed by atoms with Gasteiger partial charge in [0, 0.05) is 13.1 Å². The quantitative estimate of drug-likeness (QED) is 0.245. The predicted molar refractivity (Wildman–Crippen MR) is 200 cm³/mol. The summed E-state index contributed by atoms with van der Waals surface area (Å²) in [5.74, 6) is 1.86. The van der Waals surface area contributed by atoms with Gasteiger partial charge in [-0.3, -0.25) is 4.79 Å². The molecule has 0 spiro atoms. The van der Waals surface area contributed by atoms with Gasteiger partial charge in [-0.15, -0.1) is 0 Å². The highest BCUT2D eigenvalue weighted by Crippen LogP contribution is 2.78. The molecule has 9 atom stereocenters. The molecule has 0 aromatic heterocycles. The van der Waals surface area contributed by atoms with Gasteiger partial charge in [0.05, 0.1) is 17.1 Å². The van der Waals surface area contributed by atoms with E-state index in [-0.39, 0.29) is 44.5 Å². The van der Waals surface area contributed by atoms with Crippen LogP contribution in [0.1, 0.15) is 115 Å². The highest BCUT2D eigenvalue weighted by Gasteiger charge is 2.70. The smallest absolute Gasteiger partial charge is 0.335 e. The zero-order chi connectivity index (χ0) is 36.1. The zero-order valence-electron chi connectivity index (χ0n) is 31.3. The summed E-state index contributed by atoms with van der Waals surface area (Å²) in [6.07, 6.45) is 17.0. The molecule has 1 N–H and O–H groups in total. The lowest BCUT2D eigenvalue weighted by Crippen LogP contribution is -2.65. The van der Waals surface area contributed by atoms with Gasteiger partial charge in [0.1, 0.15) is 0 Å². The van der Waals surface area contributed by atoms with Crippen molar-refractivity contribution < 1.29 is 23.1 Å². The highest BCUT2D eigenvalue weighted by atomic mass is 32.2. The van der Waals surface area contributed by atoms with Gasteiger partial charge >= 0.3 is 5.97 Å². The van der Waals surface area contributed by atoms with Gasteiger partial charge in [-0.2, -0.15) is 0 Å². The molecule has 1 aliphatic heterocycles. The van der Waals surface area contributed by atoms with E-state index < -0.39 is 15.8 Å². The summed E-state index contributed by atoms with van der Waals surface area (Å²) in [5.41, 5.74) is 4.68. The molecule has 1 aromatic rings. The Morgan fingerprint density at radius 2 is 1.56 bits per heavy atom. The molecule has 1 saturated heterocycles. The van der Waals surface area contributed by atoms with Gasteiger partial charge < -0.3 is 10.0 Å². The molecule has 1 amide bonds. The number of fused-ring (bicyclic) bond motifs is 7. The van der Waals surface area contributed by atoms with Crippen LogP contribution in [-0.2, 0) is 14.6 Å². The van der Waals surface area contributed by atoms with Crippen LogP contribution in [0.2, 0.25) is 0 Å². The van der Waals surface area contributed by atoms with Gasteiger partial charge in [0.25, 0.3) is 0 Å². The molecule has 5 aliphatic carbocycles. The van der Waals surface area contributed by atoms with Crippen LogP contribution in [-0.4, -0.2) is 54.9 Å². The maximum absolute atomic E-state index is 13.4. The number of carboxylic acids is 1. The van der Waals surface area contributed by atoms with Crippen molar-refractivity contribution in [2.24, 2.45) is 56.7 Å². The number of benzene rings is 1. The van der Waals surface area contributed by atoms with E-state index >= 15 is 0 Å². The minimum absolute atomic E-state index is 0.0176. The Morgan fingerprint density at radius 1 is 0.880 bits per heavy atom. The first-order chi connectivity index (χ1) is 23.4. The number of amides is 1. The Kier molecular flexibility index (Phi) is 8.52. The summed E-state index contributed by atoms with van der Waals surface area (Å²) in [5, 5.41) is 9.48. The van der Waals surface area contributed by atoms with Crippen LogP contribution >= 0.6 is 0 Å². The lowest BCUT2D eigenvalue weighted by molar-refractivity contribution is -0.221. The monoisotopic (exact) mass is 701 g/mol. The first-order valence-electron chi connectivity index (χ1n) is 19.3. The summed E-state index contributed by atoms with van der Waals surface area (Å²) in [6.45, 7) is 20.1. The molecule has 7 heteroatoms. The van der Waals surface area contributed by atoms with Crippen LogP contribution in [0, 0.1) is 56.7 Å². The Morgan fingerprint density at radius 3 is 2.20 bits per heavy atom. The minimum Gasteiger partial charge on any atom is -0.478 e. The maximum Gasteiger partial charge on any atom is 0.335 e. The molecule has 272 valence electrons. The Hall–Kier alpha value is -2.67. The number of nitrogens with zero attached hydrogens (tertiary/aromatic N) is 1. The van der Waals surface area contributed by atoms with Crippen LogP contribution in [0.4, 0.5) is 0 Å². The van der Waals surface area contributed by atoms with Gasteiger partial charge in [0.2, 0.25) is 5.91 Å². The molecule has 6 nitrogen and oxygen atoms in total. The first kappa shape index (κ1) is 35.7. The molecule has 1 heterocycles. The predicted octanol–water partition coefficient (Wildman–Crippen LogP) is 8.85. The van der Waals surface area contributed by atoms with E-state index in [9.17, 15) is 23.1 Å². The number of rotatable bonds is 5. The number of carboxylic acid groups (broad SMARTS) is 1.